The molecule has 0 heterocycles. The lowest BCUT2D eigenvalue weighted by Crippen LogP contribution is -2.35. The van der Waals surface area contributed by atoms with Gasteiger partial charge in [0, 0.05) is 13.2 Å². The summed E-state index contributed by atoms with van der Waals surface area (Å²) in [5.74, 6) is 0. The van der Waals surface area contributed by atoms with Crippen molar-refractivity contribution in [2.45, 2.75) is 40.3 Å². The van der Waals surface area contributed by atoms with E-state index in [9.17, 15) is 5.11 Å². The van der Waals surface area contributed by atoms with Gasteiger partial charge in [0.15, 0.2) is 12.6 Å². The number of aliphatic hydroxyl groups excluding tert-OH is 1. The van der Waals surface area contributed by atoms with Crippen LogP contribution in [-0.2, 0) is 9.47 Å². The van der Waals surface area contributed by atoms with Crippen molar-refractivity contribution < 1.29 is 14.6 Å². The van der Waals surface area contributed by atoms with E-state index in [-0.39, 0.29) is 6.29 Å². The number of nitrogens with zero attached hydrogens (tertiary/aromatic N) is 1. The second-order valence-corrected chi connectivity index (χ2v) is 3.10. The molecule has 0 aliphatic heterocycles. The summed E-state index contributed by atoms with van der Waals surface area (Å²) in [4.78, 5) is 2.10. The quantitative estimate of drug-likeness (QED) is 0.601. The number of likely N-dealkylation sites (N-methyl/N-ethyl adjacent to an activating group) is 1. The highest BCUT2D eigenvalue weighted by Gasteiger charge is 2.12. The number of rotatable bonds is 8. The van der Waals surface area contributed by atoms with Crippen LogP contribution in [0.2, 0.25) is 0 Å². The molecule has 0 aromatic rings. The van der Waals surface area contributed by atoms with Gasteiger partial charge in [-0.1, -0.05) is 13.8 Å². The molecule has 0 aromatic heterocycles. The Morgan fingerprint density at radius 3 is 2.21 bits per heavy atom. The maximum absolute atomic E-state index is 9.53. The maximum atomic E-state index is 9.53. The van der Waals surface area contributed by atoms with Crippen LogP contribution < -0.4 is 0 Å². The zero-order valence-electron chi connectivity index (χ0n) is 9.69. The Kier molecular flexibility index (Phi) is 8.08. The van der Waals surface area contributed by atoms with Crippen LogP contribution in [0.4, 0.5) is 0 Å². The number of hydrogen-bond acceptors (Lipinski definition) is 4. The highest BCUT2D eigenvalue weighted by Crippen LogP contribution is 2.00. The molecule has 4 nitrogen and oxygen atoms in total. The molecule has 1 N–H and O–H groups in total. The maximum Gasteiger partial charge on any atom is 0.170 e. The SMILES string of the molecule is CCOC(C)OC(O)CN(CC)CC. The standard InChI is InChI=1S/C10H23NO3/c1-5-11(6-2)8-10(12)14-9(4)13-7-3/h9-10,12H,5-8H2,1-4H3. The van der Waals surface area contributed by atoms with Crippen molar-refractivity contribution in [1.29, 1.82) is 0 Å². The Morgan fingerprint density at radius 2 is 1.79 bits per heavy atom. The van der Waals surface area contributed by atoms with E-state index in [2.05, 4.69) is 18.7 Å². The lowest BCUT2D eigenvalue weighted by molar-refractivity contribution is -0.223. The number of hydrogen-bond donors (Lipinski definition) is 1. The van der Waals surface area contributed by atoms with Gasteiger partial charge in [-0.05, 0) is 26.9 Å². The highest BCUT2D eigenvalue weighted by molar-refractivity contribution is 4.54. The first-order chi connectivity index (χ1) is 6.63. The average Bonchev–Trinajstić information content (AvgIpc) is 2.14. The van der Waals surface area contributed by atoms with Crippen LogP contribution >= 0.6 is 0 Å². The second kappa shape index (κ2) is 8.17. The lowest BCUT2D eigenvalue weighted by atomic mass is 10.4. The van der Waals surface area contributed by atoms with Gasteiger partial charge >= 0.3 is 0 Å². The zero-order chi connectivity index (χ0) is 11.0. The van der Waals surface area contributed by atoms with Crippen molar-refractivity contribution in [2.75, 3.05) is 26.2 Å². The first-order valence-electron chi connectivity index (χ1n) is 5.31. The van der Waals surface area contributed by atoms with Crippen LogP contribution in [0.25, 0.3) is 0 Å². The molecule has 0 fully saturated rings. The molecule has 0 aliphatic rings. The van der Waals surface area contributed by atoms with Crippen LogP contribution in [-0.4, -0.2) is 48.8 Å². The normalized spacial score (nSPS) is 15.9. The summed E-state index contributed by atoms with van der Waals surface area (Å²) < 4.78 is 10.4. The Labute approximate surface area is 86.8 Å². The molecule has 0 spiro atoms. The molecule has 0 amide bonds. The molecule has 2 atom stereocenters. The highest BCUT2D eigenvalue weighted by atomic mass is 16.7. The lowest BCUT2D eigenvalue weighted by Gasteiger charge is -2.24. The second-order valence-electron chi connectivity index (χ2n) is 3.10. The van der Waals surface area contributed by atoms with Gasteiger partial charge in [-0.15, -0.1) is 0 Å². The summed E-state index contributed by atoms with van der Waals surface area (Å²) >= 11 is 0. The van der Waals surface area contributed by atoms with E-state index < -0.39 is 6.29 Å². The van der Waals surface area contributed by atoms with Crippen molar-refractivity contribution >= 4 is 0 Å². The molecule has 2 unspecified atom stereocenters. The summed E-state index contributed by atoms with van der Waals surface area (Å²) in [6.07, 6.45) is -1.11. The zero-order valence-corrected chi connectivity index (χ0v) is 9.69. The third-order valence-corrected chi connectivity index (χ3v) is 2.06. The predicted octanol–water partition coefficient (Wildman–Crippen LogP) is 1.05. The van der Waals surface area contributed by atoms with E-state index in [4.69, 9.17) is 9.47 Å². The molecule has 0 rings (SSSR count). The molecule has 0 saturated heterocycles. The summed E-state index contributed by atoms with van der Waals surface area (Å²) in [7, 11) is 0. The third-order valence-electron chi connectivity index (χ3n) is 2.06. The van der Waals surface area contributed by atoms with Gasteiger partial charge in [-0.2, -0.15) is 0 Å². The third kappa shape index (κ3) is 6.32. The molecule has 0 saturated carbocycles. The van der Waals surface area contributed by atoms with E-state index in [1.807, 2.05) is 6.92 Å². The Hall–Kier alpha value is -0.160. The average molecular weight is 205 g/mol. The van der Waals surface area contributed by atoms with Gasteiger partial charge in [0.25, 0.3) is 0 Å². The van der Waals surface area contributed by atoms with Gasteiger partial charge in [-0.3, -0.25) is 4.90 Å². The van der Waals surface area contributed by atoms with Gasteiger partial charge in [0.05, 0.1) is 0 Å². The van der Waals surface area contributed by atoms with E-state index in [0.29, 0.717) is 13.2 Å². The summed E-state index contributed by atoms with van der Waals surface area (Å²) in [6.45, 7) is 10.8. The summed E-state index contributed by atoms with van der Waals surface area (Å²) in [5.41, 5.74) is 0. The summed E-state index contributed by atoms with van der Waals surface area (Å²) in [6, 6.07) is 0. The molecule has 0 aromatic carbocycles. The Balaban J connectivity index is 3.67. The number of ether oxygens (including phenoxy) is 2. The first kappa shape index (κ1) is 13.8. The monoisotopic (exact) mass is 205 g/mol. The van der Waals surface area contributed by atoms with Gasteiger partial charge in [0.1, 0.15) is 0 Å². The van der Waals surface area contributed by atoms with E-state index >= 15 is 0 Å². The Bertz CT molecular complexity index is 129. The molecule has 4 heteroatoms. The minimum Gasteiger partial charge on any atom is -0.367 e. The van der Waals surface area contributed by atoms with Crippen LogP contribution in [0.15, 0.2) is 0 Å². The van der Waals surface area contributed by atoms with Gasteiger partial charge in [-0.25, -0.2) is 0 Å². The molecule has 0 bridgehead atoms. The minimum absolute atomic E-state index is 0.342. The first-order valence-corrected chi connectivity index (χ1v) is 5.31. The van der Waals surface area contributed by atoms with Crippen molar-refractivity contribution in [3.63, 3.8) is 0 Å². The Morgan fingerprint density at radius 1 is 1.21 bits per heavy atom. The van der Waals surface area contributed by atoms with Crippen molar-refractivity contribution in [1.82, 2.24) is 4.90 Å². The minimum atomic E-state index is -0.767. The van der Waals surface area contributed by atoms with Crippen molar-refractivity contribution in [3.05, 3.63) is 0 Å². The fourth-order valence-corrected chi connectivity index (χ4v) is 1.24. The molecule has 86 valence electrons. The topological polar surface area (TPSA) is 41.9 Å². The molecular weight excluding hydrogens is 182 g/mol. The molecule has 0 aliphatic carbocycles. The molecule has 14 heavy (non-hydrogen) atoms. The van der Waals surface area contributed by atoms with Crippen LogP contribution in [0.1, 0.15) is 27.7 Å². The van der Waals surface area contributed by atoms with Crippen molar-refractivity contribution in [2.24, 2.45) is 0 Å². The van der Waals surface area contributed by atoms with E-state index in [1.165, 1.54) is 0 Å². The van der Waals surface area contributed by atoms with Crippen LogP contribution in [0.3, 0.4) is 0 Å². The van der Waals surface area contributed by atoms with E-state index in [1.54, 1.807) is 6.92 Å². The van der Waals surface area contributed by atoms with Gasteiger partial charge in [0.2, 0.25) is 0 Å². The largest absolute Gasteiger partial charge is 0.367 e. The predicted molar refractivity (Wildman–Crippen MR) is 56.0 cm³/mol. The smallest absolute Gasteiger partial charge is 0.170 e. The number of aliphatic hydroxyl groups is 1. The fourth-order valence-electron chi connectivity index (χ4n) is 1.24. The fraction of sp³-hybridized carbons (Fsp3) is 1.00. The van der Waals surface area contributed by atoms with Crippen molar-refractivity contribution in [3.8, 4) is 0 Å². The molecular formula is C10H23NO3. The summed E-state index contributed by atoms with van der Waals surface area (Å²) in [5, 5.41) is 9.53. The molecule has 0 radical (unpaired) electrons. The van der Waals surface area contributed by atoms with Gasteiger partial charge < -0.3 is 14.6 Å². The van der Waals surface area contributed by atoms with E-state index in [0.717, 1.165) is 13.1 Å². The van der Waals surface area contributed by atoms with Crippen LogP contribution in [0, 0.1) is 0 Å². The van der Waals surface area contributed by atoms with Crippen LogP contribution in [0.5, 0.6) is 0 Å².